The van der Waals surface area contributed by atoms with Crippen molar-refractivity contribution in [2.24, 2.45) is 0 Å². The number of likely N-dealkylation sites (N-methyl/N-ethyl adjacent to an activating group) is 1. The second-order valence-electron chi connectivity index (χ2n) is 2.72. The highest BCUT2D eigenvalue weighted by Crippen LogP contribution is 2.14. The zero-order valence-corrected chi connectivity index (χ0v) is 6.30. The van der Waals surface area contributed by atoms with Gasteiger partial charge in [-0.1, -0.05) is 12.2 Å². The Morgan fingerprint density at radius 3 is 2.78 bits per heavy atom. The van der Waals surface area contributed by atoms with Crippen LogP contribution in [0.15, 0.2) is 12.2 Å². The van der Waals surface area contributed by atoms with Gasteiger partial charge in [0.2, 0.25) is 0 Å². The monoisotopic (exact) mass is 125 g/mol. The molecule has 0 bridgehead atoms. The van der Waals surface area contributed by atoms with Gasteiger partial charge in [0.15, 0.2) is 0 Å². The maximum absolute atomic E-state index is 2.40. The molecule has 1 heteroatoms. The molecule has 1 saturated heterocycles. The van der Waals surface area contributed by atoms with Crippen molar-refractivity contribution in [2.45, 2.75) is 25.8 Å². The molecule has 1 aliphatic heterocycles. The Morgan fingerprint density at radius 2 is 2.33 bits per heavy atom. The number of rotatable bonds is 1. The minimum atomic E-state index is 0.731. The molecule has 1 nitrogen and oxygen atoms in total. The Balaban J connectivity index is 2.39. The number of likely N-dealkylation sites (tertiary alicyclic amines) is 1. The van der Waals surface area contributed by atoms with Gasteiger partial charge in [-0.2, -0.15) is 0 Å². The summed E-state index contributed by atoms with van der Waals surface area (Å²) in [6, 6.07) is 0.731. The van der Waals surface area contributed by atoms with E-state index in [-0.39, 0.29) is 0 Å². The summed E-state index contributed by atoms with van der Waals surface area (Å²) >= 11 is 0. The zero-order chi connectivity index (χ0) is 6.69. The summed E-state index contributed by atoms with van der Waals surface area (Å²) < 4.78 is 0. The molecular weight excluding hydrogens is 110 g/mol. The summed E-state index contributed by atoms with van der Waals surface area (Å²) in [4.78, 5) is 2.40. The normalized spacial score (nSPS) is 30.2. The van der Waals surface area contributed by atoms with Crippen LogP contribution in [0.4, 0.5) is 0 Å². The van der Waals surface area contributed by atoms with Crippen LogP contribution in [0.5, 0.6) is 0 Å². The smallest absolute Gasteiger partial charge is 0.0275 e. The van der Waals surface area contributed by atoms with E-state index in [1.54, 1.807) is 0 Å². The first-order valence-electron chi connectivity index (χ1n) is 3.67. The van der Waals surface area contributed by atoms with E-state index in [2.05, 4.69) is 31.0 Å². The standard InChI is InChI=1S/C8H15N/c1-3-5-8-6-4-7-9(8)2/h3,5,8H,4,6-7H2,1-2H3/b5-3+/t8-/m1/s1. The molecule has 0 aromatic heterocycles. The highest BCUT2D eigenvalue weighted by Gasteiger charge is 2.16. The molecule has 1 fully saturated rings. The second kappa shape index (κ2) is 3.02. The predicted molar refractivity (Wildman–Crippen MR) is 40.5 cm³/mol. The first-order valence-corrected chi connectivity index (χ1v) is 3.67. The minimum Gasteiger partial charge on any atom is -0.300 e. The van der Waals surface area contributed by atoms with Gasteiger partial charge in [-0.25, -0.2) is 0 Å². The number of hydrogen-bond donors (Lipinski definition) is 0. The van der Waals surface area contributed by atoms with Crippen molar-refractivity contribution < 1.29 is 0 Å². The molecule has 1 rings (SSSR count). The van der Waals surface area contributed by atoms with E-state index in [1.165, 1.54) is 19.4 Å². The van der Waals surface area contributed by atoms with Gasteiger partial charge < -0.3 is 0 Å². The van der Waals surface area contributed by atoms with Crippen LogP contribution in [0.1, 0.15) is 19.8 Å². The van der Waals surface area contributed by atoms with Gasteiger partial charge in [-0.15, -0.1) is 0 Å². The number of nitrogens with zero attached hydrogens (tertiary/aromatic N) is 1. The molecule has 0 N–H and O–H groups in total. The van der Waals surface area contributed by atoms with Crippen LogP contribution >= 0.6 is 0 Å². The Morgan fingerprint density at radius 1 is 1.56 bits per heavy atom. The van der Waals surface area contributed by atoms with Gasteiger partial charge in [-0.05, 0) is 33.4 Å². The molecule has 0 unspecified atom stereocenters. The van der Waals surface area contributed by atoms with Crippen molar-refractivity contribution in [2.75, 3.05) is 13.6 Å². The average molecular weight is 125 g/mol. The van der Waals surface area contributed by atoms with Crippen LogP contribution in [-0.2, 0) is 0 Å². The highest BCUT2D eigenvalue weighted by molar-refractivity contribution is 4.94. The first kappa shape index (κ1) is 6.81. The van der Waals surface area contributed by atoms with E-state index in [0.717, 1.165) is 6.04 Å². The van der Waals surface area contributed by atoms with Gasteiger partial charge in [0.25, 0.3) is 0 Å². The second-order valence-corrected chi connectivity index (χ2v) is 2.72. The molecule has 9 heavy (non-hydrogen) atoms. The Bertz CT molecular complexity index is 107. The lowest BCUT2D eigenvalue weighted by atomic mass is 10.2. The quantitative estimate of drug-likeness (QED) is 0.482. The van der Waals surface area contributed by atoms with Crippen molar-refractivity contribution in [1.29, 1.82) is 0 Å². The number of allylic oxidation sites excluding steroid dienone is 1. The van der Waals surface area contributed by atoms with Crippen molar-refractivity contribution in [3.63, 3.8) is 0 Å². The van der Waals surface area contributed by atoms with E-state index in [1.807, 2.05) is 0 Å². The van der Waals surface area contributed by atoms with E-state index in [9.17, 15) is 0 Å². The fourth-order valence-corrected chi connectivity index (χ4v) is 1.40. The molecule has 0 radical (unpaired) electrons. The van der Waals surface area contributed by atoms with E-state index in [0.29, 0.717) is 0 Å². The lowest BCUT2D eigenvalue weighted by Crippen LogP contribution is -2.22. The third kappa shape index (κ3) is 1.55. The lowest BCUT2D eigenvalue weighted by Gasteiger charge is -2.14. The number of hydrogen-bond acceptors (Lipinski definition) is 1. The van der Waals surface area contributed by atoms with Crippen LogP contribution < -0.4 is 0 Å². The van der Waals surface area contributed by atoms with E-state index >= 15 is 0 Å². The summed E-state index contributed by atoms with van der Waals surface area (Å²) in [5.41, 5.74) is 0. The molecule has 0 aromatic rings. The van der Waals surface area contributed by atoms with Crippen LogP contribution in [0.3, 0.4) is 0 Å². The average Bonchev–Trinajstić information content (AvgIpc) is 2.18. The molecule has 1 aliphatic rings. The Hall–Kier alpha value is -0.300. The van der Waals surface area contributed by atoms with Crippen molar-refractivity contribution in [3.8, 4) is 0 Å². The van der Waals surface area contributed by atoms with Crippen LogP contribution in [-0.4, -0.2) is 24.5 Å². The Labute approximate surface area is 57.4 Å². The molecule has 0 saturated carbocycles. The summed E-state index contributed by atoms with van der Waals surface area (Å²) in [5, 5.41) is 0. The van der Waals surface area contributed by atoms with Crippen LogP contribution in [0.25, 0.3) is 0 Å². The fourth-order valence-electron chi connectivity index (χ4n) is 1.40. The minimum absolute atomic E-state index is 0.731. The molecular formula is C8H15N. The van der Waals surface area contributed by atoms with E-state index < -0.39 is 0 Å². The molecule has 0 aliphatic carbocycles. The Kier molecular flexibility index (Phi) is 2.29. The predicted octanol–water partition coefficient (Wildman–Crippen LogP) is 1.66. The summed E-state index contributed by atoms with van der Waals surface area (Å²) in [5.74, 6) is 0. The third-order valence-corrected chi connectivity index (χ3v) is 1.99. The summed E-state index contributed by atoms with van der Waals surface area (Å²) in [6.07, 6.45) is 7.14. The van der Waals surface area contributed by atoms with Crippen molar-refractivity contribution >= 4 is 0 Å². The topological polar surface area (TPSA) is 3.24 Å². The molecule has 52 valence electrons. The summed E-state index contributed by atoms with van der Waals surface area (Å²) in [6.45, 7) is 3.36. The molecule has 1 heterocycles. The zero-order valence-electron chi connectivity index (χ0n) is 6.30. The maximum Gasteiger partial charge on any atom is 0.0275 e. The largest absolute Gasteiger partial charge is 0.300 e. The fraction of sp³-hybridized carbons (Fsp3) is 0.750. The lowest BCUT2D eigenvalue weighted by molar-refractivity contribution is 0.357. The van der Waals surface area contributed by atoms with Crippen LogP contribution in [0, 0.1) is 0 Å². The van der Waals surface area contributed by atoms with Gasteiger partial charge in [0.05, 0.1) is 0 Å². The molecule has 0 spiro atoms. The van der Waals surface area contributed by atoms with Gasteiger partial charge in [-0.3, -0.25) is 4.90 Å². The van der Waals surface area contributed by atoms with Gasteiger partial charge >= 0.3 is 0 Å². The summed E-state index contributed by atoms with van der Waals surface area (Å²) in [7, 11) is 2.19. The SMILES string of the molecule is C/C=C/[C@@H]1CCCN1C. The molecule has 0 amide bonds. The maximum atomic E-state index is 2.40. The van der Waals surface area contributed by atoms with Crippen LogP contribution in [0.2, 0.25) is 0 Å². The molecule has 1 atom stereocenters. The highest BCUT2D eigenvalue weighted by atomic mass is 15.1. The van der Waals surface area contributed by atoms with E-state index in [4.69, 9.17) is 0 Å². The third-order valence-electron chi connectivity index (χ3n) is 1.99. The van der Waals surface area contributed by atoms with Gasteiger partial charge in [0, 0.05) is 6.04 Å². The van der Waals surface area contributed by atoms with Crippen molar-refractivity contribution in [3.05, 3.63) is 12.2 Å². The molecule has 0 aromatic carbocycles. The van der Waals surface area contributed by atoms with Crippen molar-refractivity contribution in [1.82, 2.24) is 4.90 Å². The van der Waals surface area contributed by atoms with Gasteiger partial charge in [0.1, 0.15) is 0 Å². The first-order chi connectivity index (χ1) is 4.34.